The Kier molecular flexibility index (Phi) is 5.06. The fourth-order valence-electron chi connectivity index (χ4n) is 2.48. The number of carboxylic acid groups (broad SMARTS) is 1. The van der Waals surface area contributed by atoms with E-state index in [0.717, 1.165) is 12.0 Å². The monoisotopic (exact) mass is 285 g/mol. The molecule has 0 radical (unpaired) electrons. The summed E-state index contributed by atoms with van der Waals surface area (Å²) in [4.78, 5) is 15.8. The van der Waals surface area contributed by atoms with Crippen molar-refractivity contribution >= 4 is 5.97 Å². The van der Waals surface area contributed by atoms with Crippen LogP contribution in [0, 0.1) is 0 Å². The molecule has 0 saturated heterocycles. The van der Waals surface area contributed by atoms with E-state index in [1.165, 1.54) is 7.11 Å². The lowest BCUT2D eigenvalue weighted by molar-refractivity contribution is -0.165. The summed E-state index contributed by atoms with van der Waals surface area (Å²) in [6.45, 7) is 0. The predicted octanol–water partition coefficient (Wildman–Crippen LogP) is 3.03. The number of hydrogen-bond acceptors (Lipinski definition) is 3. The van der Waals surface area contributed by atoms with Crippen molar-refractivity contribution < 1.29 is 14.6 Å². The number of nitrogens with zero attached hydrogens (tertiary/aromatic N) is 1. The highest BCUT2D eigenvalue weighted by Gasteiger charge is 2.39. The molecule has 2 aromatic rings. The fourth-order valence-corrected chi connectivity index (χ4v) is 2.48. The lowest BCUT2D eigenvalue weighted by Crippen LogP contribution is -2.38. The molecular formula is C17H19NO3. The van der Waals surface area contributed by atoms with Crippen LogP contribution in [0.25, 0.3) is 0 Å². The summed E-state index contributed by atoms with van der Waals surface area (Å²) in [5.74, 6) is -0.956. The Hall–Kier alpha value is -2.20. The van der Waals surface area contributed by atoms with Crippen molar-refractivity contribution in [1.82, 2.24) is 4.98 Å². The molecule has 21 heavy (non-hydrogen) atoms. The smallest absolute Gasteiger partial charge is 0.340 e. The molecule has 0 fully saturated rings. The van der Waals surface area contributed by atoms with E-state index < -0.39 is 11.6 Å². The summed E-state index contributed by atoms with van der Waals surface area (Å²) < 4.78 is 5.41. The predicted molar refractivity (Wildman–Crippen MR) is 79.9 cm³/mol. The molecule has 1 aromatic heterocycles. The molecule has 2 rings (SSSR count). The number of aliphatic carboxylic acids is 1. The summed E-state index contributed by atoms with van der Waals surface area (Å²) in [7, 11) is 1.45. The van der Waals surface area contributed by atoms with Crippen LogP contribution in [0.5, 0.6) is 0 Å². The van der Waals surface area contributed by atoms with E-state index in [4.69, 9.17) is 4.74 Å². The van der Waals surface area contributed by atoms with Crippen molar-refractivity contribution in [2.75, 3.05) is 7.11 Å². The number of pyridine rings is 1. The second kappa shape index (κ2) is 6.99. The van der Waals surface area contributed by atoms with Crippen LogP contribution in [-0.2, 0) is 21.6 Å². The van der Waals surface area contributed by atoms with Crippen molar-refractivity contribution in [3.8, 4) is 0 Å². The first kappa shape index (κ1) is 15.2. The normalized spacial score (nSPS) is 13.6. The number of aryl methyl sites for hydroxylation is 1. The van der Waals surface area contributed by atoms with Crippen LogP contribution in [0.15, 0.2) is 54.9 Å². The summed E-state index contributed by atoms with van der Waals surface area (Å²) in [5, 5.41) is 9.64. The molecule has 0 spiro atoms. The first-order valence-corrected chi connectivity index (χ1v) is 6.92. The van der Waals surface area contributed by atoms with E-state index in [2.05, 4.69) is 4.98 Å². The maximum atomic E-state index is 11.8. The molecule has 0 bridgehead atoms. The number of aromatic nitrogens is 1. The lowest BCUT2D eigenvalue weighted by Gasteiger charge is -2.28. The van der Waals surface area contributed by atoms with Gasteiger partial charge in [0, 0.05) is 19.5 Å². The molecule has 0 aliphatic carbocycles. The first-order valence-electron chi connectivity index (χ1n) is 6.92. The van der Waals surface area contributed by atoms with Gasteiger partial charge in [-0.05, 0) is 36.5 Å². The average molecular weight is 285 g/mol. The number of ether oxygens (including phenoxy) is 1. The molecule has 1 atom stereocenters. The van der Waals surface area contributed by atoms with Gasteiger partial charge in [-0.15, -0.1) is 0 Å². The average Bonchev–Trinajstić information content (AvgIpc) is 2.53. The molecule has 0 aliphatic heterocycles. The van der Waals surface area contributed by atoms with Gasteiger partial charge in [0.1, 0.15) is 0 Å². The quantitative estimate of drug-likeness (QED) is 0.849. The number of rotatable bonds is 7. The van der Waals surface area contributed by atoms with Crippen molar-refractivity contribution in [2.45, 2.75) is 24.9 Å². The maximum absolute atomic E-state index is 11.8. The van der Waals surface area contributed by atoms with Crippen LogP contribution in [0.1, 0.15) is 24.0 Å². The number of carbonyl (C=O) groups is 1. The molecule has 110 valence electrons. The van der Waals surface area contributed by atoms with Gasteiger partial charge in [-0.3, -0.25) is 4.98 Å². The van der Waals surface area contributed by atoms with Gasteiger partial charge in [-0.25, -0.2) is 4.79 Å². The van der Waals surface area contributed by atoms with E-state index in [0.29, 0.717) is 18.4 Å². The van der Waals surface area contributed by atoms with Gasteiger partial charge >= 0.3 is 5.97 Å². The van der Waals surface area contributed by atoms with Crippen LogP contribution in [0.3, 0.4) is 0 Å². The largest absolute Gasteiger partial charge is 0.479 e. The van der Waals surface area contributed by atoms with Gasteiger partial charge < -0.3 is 9.84 Å². The molecule has 0 amide bonds. The molecule has 0 saturated carbocycles. The second-order valence-electron chi connectivity index (χ2n) is 4.92. The topological polar surface area (TPSA) is 59.4 Å². The molecule has 4 heteroatoms. The third-order valence-corrected chi connectivity index (χ3v) is 3.65. The minimum Gasteiger partial charge on any atom is -0.479 e. The van der Waals surface area contributed by atoms with Gasteiger partial charge in [-0.2, -0.15) is 0 Å². The molecule has 1 N–H and O–H groups in total. The molecular weight excluding hydrogens is 266 g/mol. The Labute approximate surface area is 124 Å². The summed E-state index contributed by atoms with van der Waals surface area (Å²) >= 11 is 0. The third-order valence-electron chi connectivity index (χ3n) is 3.65. The zero-order valence-corrected chi connectivity index (χ0v) is 12.0. The van der Waals surface area contributed by atoms with E-state index in [1.54, 1.807) is 24.5 Å². The Morgan fingerprint density at radius 2 is 2.00 bits per heavy atom. The van der Waals surface area contributed by atoms with Crippen LogP contribution < -0.4 is 0 Å². The van der Waals surface area contributed by atoms with Crippen molar-refractivity contribution in [3.05, 3.63) is 66.0 Å². The minimum absolute atomic E-state index is 0.414. The van der Waals surface area contributed by atoms with Crippen LogP contribution in [-0.4, -0.2) is 23.2 Å². The maximum Gasteiger partial charge on any atom is 0.340 e. The van der Waals surface area contributed by atoms with Crippen molar-refractivity contribution in [2.24, 2.45) is 0 Å². The van der Waals surface area contributed by atoms with Gasteiger partial charge in [0.25, 0.3) is 0 Å². The zero-order valence-electron chi connectivity index (χ0n) is 12.0. The minimum atomic E-state index is -1.29. The Bertz CT molecular complexity index is 571. The van der Waals surface area contributed by atoms with Crippen molar-refractivity contribution in [1.29, 1.82) is 0 Å². The van der Waals surface area contributed by atoms with Crippen LogP contribution in [0.2, 0.25) is 0 Å². The zero-order chi connectivity index (χ0) is 15.1. The summed E-state index contributed by atoms with van der Waals surface area (Å²) in [6.07, 6.45) is 5.43. The van der Waals surface area contributed by atoms with Gasteiger partial charge in [0.2, 0.25) is 0 Å². The van der Waals surface area contributed by atoms with Gasteiger partial charge in [0.05, 0.1) is 0 Å². The Morgan fingerprint density at radius 1 is 1.24 bits per heavy atom. The first-order chi connectivity index (χ1) is 10.2. The highest BCUT2D eigenvalue weighted by Crippen LogP contribution is 2.31. The lowest BCUT2D eigenvalue weighted by atomic mass is 9.87. The summed E-state index contributed by atoms with van der Waals surface area (Å²) in [5.41, 5.74) is 0.482. The van der Waals surface area contributed by atoms with Gasteiger partial charge in [0.15, 0.2) is 5.60 Å². The highest BCUT2D eigenvalue weighted by atomic mass is 16.5. The molecule has 4 nitrogen and oxygen atoms in total. The van der Waals surface area contributed by atoms with E-state index in [1.807, 2.05) is 30.3 Å². The third kappa shape index (κ3) is 3.47. The van der Waals surface area contributed by atoms with Crippen molar-refractivity contribution in [3.63, 3.8) is 0 Å². The van der Waals surface area contributed by atoms with Crippen LogP contribution >= 0.6 is 0 Å². The van der Waals surface area contributed by atoms with Crippen LogP contribution in [0.4, 0.5) is 0 Å². The highest BCUT2D eigenvalue weighted by molar-refractivity contribution is 5.79. The second-order valence-corrected chi connectivity index (χ2v) is 4.92. The number of hydrogen-bond donors (Lipinski definition) is 1. The van der Waals surface area contributed by atoms with Gasteiger partial charge in [-0.1, -0.05) is 36.4 Å². The molecule has 1 heterocycles. The molecule has 0 aliphatic rings. The van der Waals surface area contributed by atoms with E-state index >= 15 is 0 Å². The van der Waals surface area contributed by atoms with E-state index in [9.17, 15) is 9.90 Å². The standard InChI is InChI=1S/C17H19NO3/c1-21-17(16(19)20,15-9-3-2-4-10-15)11-5-7-14-8-6-12-18-13-14/h2-4,6,8-10,12-13H,5,7,11H2,1H3,(H,19,20). The number of methoxy groups -OCH3 is 1. The molecule has 1 aromatic carbocycles. The summed E-state index contributed by atoms with van der Waals surface area (Å²) in [6, 6.07) is 13.0. The number of carboxylic acids is 1. The number of benzene rings is 1. The fraction of sp³-hybridized carbons (Fsp3) is 0.294. The SMILES string of the molecule is COC(CCCc1cccnc1)(C(=O)O)c1ccccc1. The Morgan fingerprint density at radius 3 is 2.57 bits per heavy atom. The molecule has 1 unspecified atom stereocenters. The van der Waals surface area contributed by atoms with E-state index in [-0.39, 0.29) is 0 Å². The Balaban J connectivity index is 2.12.